The number of hydrogen-bond acceptors (Lipinski definition) is 5. The Bertz CT molecular complexity index is 1150. The molecular formula is C29H34FN3O4. The Hall–Kier alpha value is -3.26. The number of allylic oxidation sites excluding steroid dienone is 1. The van der Waals surface area contributed by atoms with Crippen LogP contribution in [-0.4, -0.2) is 47.4 Å². The number of aliphatic hydroxyl groups excluding tert-OH is 1. The number of ether oxygens (including phenoxy) is 1. The molecule has 7 atom stereocenters. The van der Waals surface area contributed by atoms with Crippen molar-refractivity contribution in [2.24, 2.45) is 29.6 Å². The van der Waals surface area contributed by atoms with E-state index < -0.39 is 0 Å². The lowest BCUT2D eigenvalue weighted by Gasteiger charge is -2.48. The van der Waals surface area contributed by atoms with Crippen molar-refractivity contribution < 1.29 is 23.8 Å². The van der Waals surface area contributed by atoms with Gasteiger partial charge in [-0.1, -0.05) is 24.3 Å². The Morgan fingerprint density at radius 2 is 2.11 bits per heavy atom. The van der Waals surface area contributed by atoms with Gasteiger partial charge in [-0.25, -0.2) is 9.18 Å². The predicted molar refractivity (Wildman–Crippen MR) is 138 cm³/mol. The summed E-state index contributed by atoms with van der Waals surface area (Å²) in [6, 6.07) is 10.1. The van der Waals surface area contributed by atoms with Gasteiger partial charge < -0.3 is 20.5 Å². The molecule has 3 aliphatic rings. The fourth-order valence-electron chi connectivity index (χ4n) is 6.78. The fraction of sp³-hybridized carbons (Fsp3) is 0.483. The van der Waals surface area contributed by atoms with Crippen LogP contribution in [0.25, 0.3) is 17.2 Å². The van der Waals surface area contributed by atoms with Crippen molar-refractivity contribution >= 4 is 18.1 Å². The summed E-state index contributed by atoms with van der Waals surface area (Å²) in [6.45, 7) is 2.04. The van der Waals surface area contributed by atoms with Gasteiger partial charge >= 0.3 is 6.09 Å². The summed E-state index contributed by atoms with van der Waals surface area (Å²) in [7, 11) is 0. The van der Waals surface area contributed by atoms with Gasteiger partial charge in [0.1, 0.15) is 5.82 Å². The highest BCUT2D eigenvalue weighted by molar-refractivity contribution is 5.82. The Morgan fingerprint density at radius 3 is 2.84 bits per heavy atom. The van der Waals surface area contributed by atoms with Crippen LogP contribution in [0.1, 0.15) is 38.3 Å². The number of aliphatic hydroxyl groups is 1. The number of hydrogen-bond donors (Lipinski definition) is 3. The molecule has 1 aliphatic heterocycles. The maximum absolute atomic E-state index is 13.6. The summed E-state index contributed by atoms with van der Waals surface area (Å²) >= 11 is 0. The number of carbonyl (C=O) groups is 2. The molecule has 1 aromatic heterocycles. The zero-order valence-corrected chi connectivity index (χ0v) is 21.0. The van der Waals surface area contributed by atoms with Crippen LogP contribution in [0, 0.1) is 35.4 Å². The zero-order valence-electron chi connectivity index (χ0n) is 21.0. The van der Waals surface area contributed by atoms with Gasteiger partial charge in [0.05, 0.1) is 24.9 Å². The largest absolute Gasteiger partial charge is 0.450 e. The number of rotatable bonds is 6. The van der Waals surface area contributed by atoms with Gasteiger partial charge in [0.2, 0.25) is 5.91 Å². The predicted octanol–water partition coefficient (Wildman–Crippen LogP) is 4.17. The first kappa shape index (κ1) is 25.4. The van der Waals surface area contributed by atoms with Gasteiger partial charge in [0, 0.05) is 23.7 Å². The summed E-state index contributed by atoms with van der Waals surface area (Å²) in [5.41, 5.74) is 2.40. The molecule has 2 aromatic rings. The van der Waals surface area contributed by atoms with Gasteiger partial charge in [-0.05, 0) is 86.1 Å². The maximum Gasteiger partial charge on any atom is 0.407 e. The van der Waals surface area contributed by atoms with Crippen LogP contribution >= 0.6 is 0 Å². The summed E-state index contributed by atoms with van der Waals surface area (Å²) in [5.74, 6) is 0.350. The standard InChI is InChI=1S/C29H34FN3O4/c1-2-37-29(36)32-22-9-10-23-19(13-22)14-25-27(26(16-34)33-28(25)35)24(23)11-8-21-7-6-18(15-31-21)17-4-3-5-20(30)12-17/h3-8,11-12,15,19,22-27,34H,2,9-10,13-14,16H2,1H3,(H,32,36)(H,33,35)/t19-,22+,23+,24-,25+,26+,27-/m0/s1. The molecule has 2 saturated carbocycles. The second-order valence-corrected chi connectivity index (χ2v) is 10.4. The molecule has 1 aromatic carbocycles. The highest BCUT2D eigenvalue weighted by atomic mass is 19.1. The van der Waals surface area contributed by atoms with Crippen molar-refractivity contribution in [1.29, 1.82) is 0 Å². The van der Waals surface area contributed by atoms with E-state index in [1.54, 1.807) is 19.2 Å². The summed E-state index contributed by atoms with van der Waals surface area (Å²) in [5, 5.41) is 16.0. The lowest BCUT2D eigenvalue weighted by molar-refractivity contribution is -0.125. The molecule has 2 heterocycles. The van der Waals surface area contributed by atoms with E-state index >= 15 is 0 Å². The van der Waals surface area contributed by atoms with E-state index in [2.05, 4.69) is 21.7 Å². The molecule has 3 N–H and O–H groups in total. The number of aromatic nitrogens is 1. The van der Waals surface area contributed by atoms with Gasteiger partial charge in [-0.15, -0.1) is 0 Å². The number of nitrogens with one attached hydrogen (secondary N) is 2. The number of amides is 2. The van der Waals surface area contributed by atoms with E-state index in [1.165, 1.54) is 12.1 Å². The number of halogens is 1. The number of benzene rings is 1. The molecule has 37 heavy (non-hydrogen) atoms. The smallest absolute Gasteiger partial charge is 0.407 e. The van der Waals surface area contributed by atoms with Crippen LogP contribution in [-0.2, 0) is 9.53 Å². The van der Waals surface area contributed by atoms with Crippen LogP contribution in [0.3, 0.4) is 0 Å². The van der Waals surface area contributed by atoms with Crippen molar-refractivity contribution in [2.75, 3.05) is 13.2 Å². The Morgan fingerprint density at radius 1 is 1.24 bits per heavy atom. The van der Waals surface area contributed by atoms with E-state index in [0.29, 0.717) is 18.4 Å². The number of pyridine rings is 1. The summed E-state index contributed by atoms with van der Waals surface area (Å²) in [4.78, 5) is 29.4. The molecular weight excluding hydrogens is 473 g/mol. The molecule has 3 fully saturated rings. The fourth-order valence-corrected chi connectivity index (χ4v) is 6.78. The third kappa shape index (κ3) is 5.39. The van der Waals surface area contributed by atoms with Gasteiger partial charge in [0.15, 0.2) is 0 Å². The molecule has 0 spiro atoms. The van der Waals surface area contributed by atoms with Crippen molar-refractivity contribution in [1.82, 2.24) is 15.6 Å². The molecule has 0 unspecified atom stereocenters. The molecule has 196 valence electrons. The Kier molecular flexibility index (Phi) is 7.55. The van der Waals surface area contributed by atoms with E-state index in [4.69, 9.17) is 4.74 Å². The third-order valence-electron chi connectivity index (χ3n) is 8.36. The third-order valence-corrected chi connectivity index (χ3v) is 8.36. The number of fused-ring (bicyclic) bond motifs is 2. The van der Waals surface area contributed by atoms with Crippen LogP contribution in [0.15, 0.2) is 48.7 Å². The minimum Gasteiger partial charge on any atom is -0.450 e. The molecule has 8 heteroatoms. The lowest BCUT2D eigenvalue weighted by atomic mass is 9.56. The van der Waals surface area contributed by atoms with Crippen molar-refractivity contribution in [3.05, 3.63) is 60.2 Å². The summed E-state index contributed by atoms with van der Waals surface area (Å²) in [6.07, 6.45) is 8.89. The SMILES string of the molecule is CCOC(=O)N[C@@H]1CC[C@@H]2[C@@H](C1)C[C@H]1C(=O)N[C@H](CO)[C@H]1[C@H]2C=Cc1ccc(-c2cccc(F)c2)cn1. The van der Waals surface area contributed by atoms with Crippen LogP contribution in [0.2, 0.25) is 0 Å². The van der Waals surface area contributed by atoms with Crippen molar-refractivity contribution in [3.63, 3.8) is 0 Å². The monoisotopic (exact) mass is 507 g/mol. The normalized spacial score (nSPS) is 30.9. The first-order valence-corrected chi connectivity index (χ1v) is 13.2. The molecule has 0 bridgehead atoms. The lowest BCUT2D eigenvalue weighted by Crippen LogP contribution is -2.49. The van der Waals surface area contributed by atoms with Crippen molar-refractivity contribution in [3.8, 4) is 11.1 Å². The highest BCUT2D eigenvalue weighted by Crippen LogP contribution is 2.52. The summed E-state index contributed by atoms with van der Waals surface area (Å²) < 4.78 is 18.7. The minimum absolute atomic E-state index is 0.0129. The van der Waals surface area contributed by atoms with E-state index in [0.717, 1.165) is 42.5 Å². The molecule has 2 amide bonds. The number of alkyl carbamates (subject to hydrolysis) is 1. The zero-order chi connectivity index (χ0) is 25.9. The Labute approximate surface area is 216 Å². The van der Waals surface area contributed by atoms with Crippen LogP contribution in [0.4, 0.5) is 9.18 Å². The maximum atomic E-state index is 13.6. The average Bonchev–Trinajstić information content (AvgIpc) is 3.22. The average molecular weight is 508 g/mol. The van der Waals surface area contributed by atoms with Crippen LogP contribution < -0.4 is 10.6 Å². The molecule has 2 aliphatic carbocycles. The molecule has 5 rings (SSSR count). The topological polar surface area (TPSA) is 101 Å². The molecule has 7 nitrogen and oxygen atoms in total. The van der Waals surface area contributed by atoms with E-state index in [9.17, 15) is 19.1 Å². The minimum atomic E-state index is -0.386. The number of carbonyl (C=O) groups excluding carboxylic acids is 2. The van der Waals surface area contributed by atoms with Gasteiger partial charge in [0.25, 0.3) is 0 Å². The number of nitrogens with zero attached hydrogens (tertiary/aromatic N) is 1. The van der Waals surface area contributed by atoms with Gasteiger partial charge in [-0.2, -0.15) is 0 Å². The quantitative estimate of drug-likeness (QED) is 0.545. The second-order valence-electron chi connectivity index (χ2n) is 10.4. The van der Waals surface area contributed by atoms with Gasteiger partial charge in [-0.3, -0.25) is 9.78 Å². The molecule has 0 radical (unpaired) electrons. The highest BCUT2D eigenvalue weighted by Gasteiger charge is 2.54. The van der Waals surface area contributed by atoms with E-state index in [1.807, 2.05) is 24.3 Å². The Balaban J connectivity index is 1.36. The second kappa shape index (κ2) is 11.0. The molecule has 1 saturated heterocycles. The van der Waals surface area contributed by atoms with Crippen molar-refractivity contribution in [2.45, 2.75) is 44.7 Å². The first-order valence-electron chi connectivity index (χ1n) is 13.2. The van der Waals surface area contributed by atoms with E-state index in [-0.39, 0.29) is 54.3 Å². The van der Waals surface area contributed by atoms with Crippen LogP contribution in [0.5, 0.6) is 0 Å². The first-order chi connectivity index (χ1) is 18.0.